The first-order valence-corrected chi connectivity index (χ1v) is 8.31. The quantitative estimate of drug-likeness (QED) is 0.905. The molecule has 20 heavy (non-hydrogen) atoms. The van der Waals surface area contributed by atoms with Crippen molar-refractivity contribution in [3.05, 3.63) is 35.4 Å². The van der Waals surface area contributed by atoms with Gasteiger partial charge < -0.3 is 5.32 Å². The van der Waals surface area contributed by atoms with Gasteiger partial charge in [-0.2, -0.15) is 0 Å². The van der Waals surface area contributed by atoms with E-state index < -0.39 is 0 Å². The van der Waals surface area contributed by atoms with Gasteiger partial charge in [-0.1, -0.05) is 37.6 Å². The van der Waals surface area contributed by atoms with Crippen molar-refractivity contribution >= 4 is 0 Å². The molecule has 0 spiro atoms. The third kappa shape index (κ3) is 3.07. The highest BCUT2D eigenvalue weighted by atomic mass is 15.1. The predicted octanol–water partition coefficient (Wildman–Crippen LogP) is 3.21. The Morgan fingerprint density at radius 2 is 1.90 bits per heavy atom. The van der Waals surface area contributed by atoms with Crippen molar-refractivity contribution in [2.75, 3.05) is 26.2 Å². The molecule has 2 heterocycles. The third-order valence-electron chi connectivity index (χ3n) is 5.21. The number of nitrogens with one attached hydrogen (secondary N) is 1. The van der Waals surface area contributed by atoms with Crippen LogP contribution in [0.4, 0.5) is 0 Å². The average molecular weight is 272 g/mol. The van der Waals surface area contributed by atoms with Crippen molar-refractivity contribution in [2.45, 2.75) is 45.6 Å². The maximum absolute atomic E-state index is 3.53. The summed E-state index contributed by atoms with van der Waals surface area (Å²) in [5.41, 5.74) is 3.70. The molecule has 0 aliphatic carbocycles. The number of hydrogen-bond donors (Lipinski definition) is 1. The molecule has 2 heteroatoms. The summed E-state index contributed by atoms with van der Waals surface area (Å²) in [6.45, 7) is 8.48. The standard InChI is InChI=1S/C18H28N2/c1-2-8-18(9-11-19-12-10-18)15-20-13-7-16-5-3-4-6-17(16)14-20/h3-6,19H,2,7-15H2,1H3. The molecule has 3 rings (SSSR count). The molecule has 0 atom stereocenters. The first-order valence-electron chi connectivity index (χ1n) is 8.31. The minimum atomic E-state index is 0.576. The number of hydrogen-bond acceptors (Lipinski definition) is 2. The number of benzene rings is 1. The lowest BCUT2D eigenvalue weighted by Gasteiger charge is -2.43. The van der Waals surface area contributed by atoms with E-state index in [-0.39, 0.29) is 0 Å². The molecule has 2 aliphatic heterocycles. The fourth-order valence-electron chi connectivity index (χ4n) is 4.14. The predicted molar refractivity (Wildman–Crippen MR) is 84.9 cm³/mol. The zero-order valence-electron chi connectivity index (χ0n) is 12.8. The first kappa shape index (κ1) is 14.1. The van der Waals surface area contributed by atoms with Crippen LogP contribution in [0.15, 0.2) is 24.3 Å². The van der Waals surface area contributed by atoms with Gasteiger partial charge in [0.15, 0.2) is 0 Å². The van der Waals surface area contributed by atoms with E-state index in [4.69, 9.17) is 0 Å². The Bertz CT molecular complexity index is 429. The molecule has 1 aromatic rings. The molecular weight excluding hydrogens is 244 g/mol. The van der Waals surface area contributed by atoms with Crippen LogP contribution in [0.2, 0.25) is 0 Å². The minimum Gasteiger partial charge on any atom is -0.317 e. The molecule has 0 bridgehead atoms. The Morgan fingerprint density at radius 1 is 1.15 bits per heavy atom. The van der Waals surface area contributed by atoms with Crippen LogP contribution in [0, 0.1) is 5.41 Å². The maximum Gasteiger partial charge on any atom is 0.0236 e. The zero-order chi connectivity index (χ0) is 13.8. The fourth-order valence-corrected chi connectivity index (χ4v) is 4.14. The van der Waals surface area contributed by atoms with Crippen LogP contribution < -0.4 is 5.32 Å². The van der Waals surface area contributed by atoms with Crippen LogP contribution in [0.3, 0.4) is 0 Å². The fraction of sp³-hybridized carbons (Fsp3) is 0.667. The van der Waals surface area contributed by atoms with Crippen molar-refractivity contribution in [2.24, 2.45) is 5.41 Å². The van der Waals surface area contributed by atoms with E-state index in [9.17, 15) is 0 Å². The van der Waals surface area contributed by atoms with E-state index in [0.29, 0.717) is 5.41 Å². The lowest BCUT2D eigenvalue weighted by molar-refractivity contribution is 0.0927. The van der Waals surface area contributed by atoms with Crippen LogP contribution in [0.5, 0.6) is 0 Å². The lowest BCUT2D eigenvalue weighted by Crippen LogP contribution is -2.46. The van der Waals surface area contributed by atoms with Gasteiger partial charge in [-0.25, -0.2) is 0 Å². The van der Waals surface area contributed by atoms with E-state index in [1.165, 1.54) is 58.3 Å². The van der Waals surface area contributed by atoms with Crippen molar-refractivity contribution < 1.29 is 0 Å². The van der Waals surface area contributed by atoms with Crippen LogP contribution in [-0.4, -0.2) is 31.1 Å². The molecule has 0 unspecified atom stereocenters. The molecule has 110 valence electrons. The van der Waals surface area contributed by atoms with Gasteiger partial charge in [-0.05, 0) is 55.3 Å². The third-order valence-corrected chi connectivity index (χ3v) is 5.21. The van der Waals surface area contributed by atoms with Crippen LogP contribution in [0.25, 0.3) is 0 Å². The summed E-state index contributed by atoms with van der Waals surface area (Å²) in [5.74, 6) is 0. The molecule has 0 aromatic heterocycles. The zero-order valence-corrected chi connectivity index (χ0v) is 12.8. The average Bonchev–Trinajstić information content (AvgIpc) is 2.48. The van der Waals surface area contributed by atoms with Gasteiger partial charge in [0.1, 0.15) is 0 Å². The van der Waals surface area contributed by atoms with E-state index in [0.717, 1.165) is 6.54 Å². The summed E-state index contributed by atoms with van der Waals surface area (Å²) in [7, 11) is 0. The summed E-state index contributed by atoms with van der Waals surface area (Å²) >= 11 is 0. The number of piperidine rings is 1. The molecule has 2 aliphatic rings. The Labute approximate surface area is 123 Å². The van der Waals surface area contributed by atoms with Gasteiger partial charge in [-0.3, -0.25) is 4.90 Å². The molecule has 0 radical (unpaired) electrons. The molecule has 0 amide bonds. The van der Waals surface area contributed by atoms with Crippen LogP contribution >= 0.6 is 0 Å². The minimum absolute atomic E-state index is 0.576. The van der Waals surface area contributed by atoms with Gasteiger partial charge in [0.05, 0.1) is 0 Å². The van der Waals surface area contributed by atoms with Gasteiger partial charge >= 0.3 is 0 Å². The highest BCUT2D eigenvalue weighted by molar-refractivity contribution is 5.29. The summed E-state index contributed by atoms with van der Waals surface area (Å²) in [4.78, 5) is 2.71. The summed E-state index contributed by atoms with van der Waals surface area (Å²) in [6, 6.07) is 8.99. The van der Waals surface area contributed by atoms with Gasteiger partial charge in [-0.15, -0.1) is 0 Å². The second-order valence-corrected chi connectivity index (χ2v) is 6.73. The number of fused-ring (bicyclic) bond motifs is 1. The number of rotatable bonds is 4. The van der Waals surface area contributed by atoms with E-state index in [2.05, 4.69) is 41.4 Å². The molecule has 1 fully saturated rings. The molecule has 2 nitrogen and oxygen atoms in total. The summed E-state index contributed by atoms with van der Waals surface area (Å²) in [6.07, 6.45) is 6.67. The number of nitrogens with zero attached hydrogens (tertiary/aromatic N) is 1. The molecular formula is C18H28N2. The van der Waals surface area contributed by atoms with Crippen molar-refractivity contribution in [3.63, 3.8) is 0 Å². The van der Waals surface area contributed by atoms with Crippen LogP contribution in [0.1, 0.15) is 43.7 Å². The maximum atomic E-state index is 3.53. The van der Waals surface area contributed by atoms with Crippen molar-refractivity contribution in [1.29, 1.82) is 0 Å². The van der Waals surface area contributed by atoms with Gasteiger partial charge in [0.2, 0.25) is 0 Å². The highest BCUT2D eigenvalue weighted by Gasteiger charge is 2.33. The Morgan fingerprint density at radius 3 is 2.65 bits per heavy atom. The second-order valence-electron chi connectivity index (χ2n) is 6.73. The Kier molecular flexibility index (Phi) is 4.42. The molecule has 1 N–H and O–H groups in total. The largest absolute Gasteiger partial charge is 0.317 e. The smallest absolute Gasteiger partial charge is 0.0236 e. The highest BCUT2D eigenvalue weighted by Crippen LogP contribution is 2.36. The van der Waals surface area contributed by atoms with E-state index in [1.54, 1.807) is 11.1 Å². The van der Waals surface area contributed by atoms with Gasteiger partial charge in [0.25, 0.3) is 0 Å². The van der Waals surface area contributed by atoms with Crippen LogP contribution in [-0.2, 0) is 13.0 Å². The SMILES string of the molecule is CCCC1(CN2CCc3ccccc3C2)CCNCC1. The lowest BCUT2D eigenvalue weighted by atomic mass is 9.74. The summed E-state index contributed by atoms with van der Waals surface area (Å²) in [5, 5.41) is 3.53. The van der Waals surface area contributed by atoms with E-state index >= 15 is 0 Å². The second kappa shape index (κ2) is 6.28. The monoisotopic (exact) mass is 272 g/mol. The Hall–Kier alpha value is -0.860. The van der Waals surface area contributed by atoms with Gasteiger partial charge in [0, 0.05) is 19.6 Å². The normalized spacial score (nSPS) is 22.4. The summed E-state index contributed by atoms with van der Waals surface area (Å²) < 4.78 is 0. The molecule has 1 aromatic carbocycles. The molecule has 1 saturated heterocycles. The van der Waals surface area contributed by atoms with Crippen molar-refractivity contribution in [1.82, 2.24) is 10.2 Å². The Balaban J connectivity index is 1.68. The van der Waals surface area contributed by atoms with E-state index in [1.807, 2.05) is 0 Å². The molecule has 0 saturated carbocycles. The van der Waals surface area contributed by atoms with Crippen molar-refractivity contribution in [3.8, 4) is 0 Å². The topological polar surface area (TPSA) is 15.3 Å². The first-order chi connectivity index (χ1) is 9.81.